The van der Waals surface area contributed by atoms with Crippen LogP contribution >= 0.6 is 0 Å². The molecule has 20 heavy (non-hydrogen) atoms. The Morgan fingerprint density at radius 2 is 1.85 bits per heavy atom. The van der Waals surface area contributed by atoms with Gasteiger partial charge in [0.15, 0.2) is 0 Å². The Bertz CT molecular complexity index is 408. The summed E-state index contributed by atoms with van der Waals surface area (Å²) in [5, 5.41) is 0. The van der Waals surface area contributed by atoms with Gasteiger partial charge in [-0.2, -0.15) is 0 Å². The zero-order chi connectivity index (χ0) is 14.4. The largest absolute Gasteiger partial charge is 0.494 e. The Morgan fingerprint density at radius 3 is 2.50 bits per heavy atom. The lowest BCUT2D eigenvalue weighted by Gasteiger charge is -2.35. The molecule has 2 rings (SSSR count). The van der Waals surface area contributed by atoms with E-state index in [1.54, 1.807) is 0 Å². The van der Waals surface area contributed by atoms with Gasteiger partial charge >= 0.3 is 0 Å². The number of benzene rings is 1. The van der Waals surface area contributed by atoms with E-state index in [2.05, 4.69) is 13.8 Å². The van der Waals surface area contributed by atoms with Crippen LogP contribution in [0.1, 0.15) is 33.1 Å². The predicted molar refractivity (Wildman–Crippen MR) is 80.7 cm³/mol. The fraction of sp³-hybridized carbons (Fsp3) is 0.588. The Morgan fingerprint density at radius 1 is 1.20 bits per heavy atom. The smallest absolute Gasteiger partial charge is 0.222 e. The van der Waals surface area contributed by atoms with Crippen LogP contribution in [0.15, 0.2) is 30.3 Å². The molecule has 1 saturated heterocycles. The van der Waals surface area contributed by atoms with Crippen LogP contribution in [0.25, 0.3) is 0 Å². The van der Waals surface area contributed by atoms with E-state index in [1.165, 1.54) is 6.42 Å². The standard InChI is InChI=1S/C17H25NO2/c1-14-11-15(2)13-18(12-14)17(19)9-6-10-20-16-7-4-3-5-8-16/h3-5,7-8,14-15H,6,9-13H2,1-2H3/t14-,15-/m0/s1. The minimum Gasteiger partial charge on any atom is -0.494 e. The quantitative estimate of drug-likeness (QED) is 0.771. The van der Waals surface area contributed by atoms with Crippen molar-refractivity contribution >= 4 is 5.91 Å². The van der Waals surface area contributed by atoms with Crippen molar-refractivity contribution in [1.29, 1.82) is 0 Å². The number of amides is 1. The lowest BCUT2D eigenvalue weighted by atomic mass is 9.91. The highest BCUT2D eigenvalue weighted by molar-refractivity contribution is 5.76. The molecule has 2 atom stereocenters. The molecule has 1 aromatic rings. The molecule has 3 nitrogen and oxygen atoms in total. The molecule has 1 aromatic carbocycles. The maximum Gasteiger partial charge on any atom is 0.222 e. The van der Waals surface area contributed by atoms with E-state index in [9.17, 15) is 4.79 Å². The average molecular weight is 275 g/mol. The minimum atomic E-state index is 0.278. The van der Waals surface area contributed by atoms with Crippen LogP contribution in [0.2, 0.25) is 0 Å². The van der Waals surface area contributed by atoms with Crippen LogP contribution in [-0.2, 0) is 4.79 Å². The van der Waals surface area contributed by atoms with Gasteiger partial charge in [-0.15, -0.1) is 0 Å². The Balaban J connectivity index is 1.67. The van der Waals surface area contributed by atoms with Crippen molar-refractivity contribution in [2.45, 2.75) is 33.1 Å². The first-order valence-electron chi connectivity index (χ1n) is 7.60. The number of hydrogen-bond acceptors (Lipinski definition) is 2. The number of para-hydroxylation sites is 1. The van der Waals surface area contributed by atoms with Gasteiger partial charge in [0.05, 0.1) is 6.61 Å². The molecule has 1 heterocycles. The normalized spacial score (nSPS) is 22.6. The Hall–Kier alpha value is -1.51. The molecule has 0 saturated carbocycles. The highest BCUT2D eigenvalue weighted by atomic mass is 16.5. The first-order chi connectivity index (χ1) is 9.65. The molecule has 0 spiro atoms. The summed E-state index contributed by atoms with van der Waals surface area (Å²) in [4.78, 5) is 14.2. The van der Waals surface area contributed by atoms with Crippen LogP contribution < -0.4 is 4.74 Å². The number of rotatable bonds is 5. The van der Waals surface area contributed by atoms with Crippen molar-refractivity contribution in [3.63, 3.8) is 0 Å². The van der Waals surface area contributed by atoms with Gasteiger partial charge in [-0.3, -0.25) is 4.79 Å². The monoisotopic (exact) mass is 275 g/mol. The van der Waals surface area contributed by atoms with E-state index in [4.69, 9.17) is 4.74 Å². The lowest BCUT2D eigenvalue weighted by Crippen LogP contribution is -2.42. The van der Waals surface area contributed by atoms with Crippen LogP contribution in [0.3, 0.4) is 0 Å². The van der Waals surface area contributed by atoms with Crippen molar-refractivity contribution < 1.29 is 9.53 Å². The Kier molecular flexibility index (Phi) is 5.45. The first kappa shape index (κ1) is 14.9. The minimum absolute atomic E-state index is 0.278. The molecule has 0 radical (unpaired) electrons. The van der Waals surface area contributed by atoms with Crippen molar-refractivity contribution in [2.75, 3.05) is 19.7 Å². The molecule has 1 aliphatic heterocycles. The zero-order valence-corrected chi connectivity index (χ0v) is 12.5. The van der Waals surface area contributed by atoms with Crippen molar-refractivity contribution in [1.82, 2.24) is 4.90 Å². The summed E-state index contributed by atoms with van der Waals surface area (Å²) in [6.07, 6.45) is 2.61. The maximum atomic E-state index is 12.2. The second kappa shape index (κ2) is 7.32. The summed E-state index contributed by atoms with van der Waals surface area (Å²) >= 11 is 0. The van der Waals surface area contributed by atoms with Crippen LogP contribution in [-0.4, -0.2) is 30.5 Å². The third kappa shape index (κ3) is 4.55. The highest BCUT2D eigenvalue weighted by Crippen LogP contribution is 2.21. The van der Waals surface area contributed by atoms with E-state index < -0.39 is 0 Å². The predicted octanol–water partition coefficient (Wildman–Crippen LogP) is 3.35. The van der Waals surface area contributed by atoms with Gasteiger partial charge in [0.1, 0.15) is 5.75 Å². The van der Waals surface area contributed by atoms with Crippen LogP contribution in [0.5, 0.6) is 5.75 Å². The van der Waals surface area contributed by atoms with Gasteiger partial charge in [0.25, 0.3) is 0 Å². The first-order valence-corrected chi connectivity index (χ1v) is 7.60. The van der Waals surface area contributed by atoms with Gasteiger partial charge < -0.3 is 9.64 Å². The van der Waals surface area contributed by atoms with Crippen LogP contribution in [0, 0.1) is 11.8 Å². The van der Waals surface area contributed by atoms with E-state index >= 15 is 0 Å². The molecule has 1 amide bonds. The van der Waals surface area contributed by atoms with Gasteiger partial charge in [0, 0.05) is 19.5 Å². The van der Waals surface area contributed by atoms with Gasteiger partial charge in [-0.05, 0) is 36.8 Å². The highest BCUT2D eigenvalue weighted by Gasteiger charge is 2.24. The SMILES string of the molecule is C[C@H]1C[C@H](C)CN(C(=O)CCCOc2ccccc2)C1. The summed E-state index contributed by atoms with van der Waals surface area (Å²) in [6, 6.07) is 9.76. The number of piperidine rings is 1. The summed E-state index contributed by atoms with van der Waals surface area (Å²) < 4.78 is 5.62. The van der Waals surface area contributed by atoms with E-state index in [1.807, 2.05) is 35.2 Å². The van der Waals surface area contributed by atoms with Gasteiger partial charge in [0.2, 0.25) is 5.91 Å². The van der Waals surface area contributed by atoms with Gasteiger partial charge in [-0.1, -0.05) is 32.0 Å². The molecule has 1 aliphatic rings. The van der Waals surface area contributed by atoms with E-state index in [0.717, 1.165) is 25.3 Å². The van der Waals surface area contributed by atoms with Crippen LogP contribution in [0.4, 0.5) is 0 Å². The molecule has 0 bridgehead atoms. The molecule has 3 heteroatoms. The third-order valence-corrected chi connectivity index (χ3v) is 3.77. The Labute approximate surface area is 121 Å². The van der Waals surface area contributed by atoms with Gasteiger partial charge in [-0.25, -0.2) is 0 Å². The number of ether oxygens (including phenoxy) is 1. The third-order valence-electron chi connectivity index (χ3n) is 3.77. The zero-order valence-electron chi connectivity index (χ0n) is 12.5. The lowest BCUT2D eigenvalue weighted by molar-refractivity contribution is -0.134. The number of carbonyl (C=O) groups excluding carboxylic acids is 1. The molecular formula is C17H25NO2. The molecule has 0 N–H and O–H groups in total. The summed E-state index contributed by atoms with van der Waals surface area (Å²) in [6.45, 7) is 6.91. The van der Waals surface area contributed by atoms with Crippen molar-refractivity contribution in [3.8, 4) is 5.75 Å². The topological polar surface area (TPSA) is 29.5 Å². The summed E-state index contributed by atoms with van der Waals surface area (Å²) in [5.74, 6) is 2.41. The fourth-order valence-corrected chi connectivity index (χ4v) is 2.95. The molecule has 1 fully saturated rings. The molecule has 110 valence electrons. The molecule has 0 aliphatic carbocycles. The van der Waals surface area contributed by atoms with E-state index in [-0.39, 0.29) is 5.91 Å². The summed E-state index contributed by atoms with van der Waals surface area (Å²) in [5.41, 5.74) is 0. The average Bonchev–Trinajstić information content (AvgIpc) is 2.43. The molecular weight excluding hydrogens is 250 g/mol. The number of hydrogen-bond donors (Lipinski definition) is 0. The molecule has 0 unspecified atom stereocenters. The second-order valence-corrected chi connectivity index (χ2v) is 6.01. The maximum absolute atomic E-state index is 12.2. The number of nitrogens with zero attached hydrogens (tertiary/aromatic N) is 1. The number of likely N-dealkylation sites (tertiary alicyclic amines) is 1. The molecule has 0 aromatic heterocycles. The number of carbonyl (C=O) groups is 1. The van der Waals surface area contributed by atoms with Crippen molar-refractivity contribution in [2.24, 2.45) is 11.8 Å². The van der Waals surface area contributed by atoms with E-state index in [0.29, 0.717) is 24.9 Å². The van der Waals surface area contributed by atoms with Crippen molar-refractivity contribution in [3.05, 3.63) is 30.3 Å². The second-order valence-electron chi connectivity index (χ2n) is 6.01. The fourth-order valence-electron chi connectivity index (χ4n) is 2.95. The summed E-state index contributed by atoms with van der Waals surface area (Å²) in [7, 11) is 0.